The third-order valence-electron chi connectivity index (χ3n) is 6.19. The van der Waals surface area contributed by atoms with Crippen molar-refractivity contribution in [3.05, 3.63) is 38.9 Å². The van der Waals surface area contributed by atoms with Crippen LogP contribution in [0, 0.1) is 0 Å². The molecule has 2 N–H and O–H groups in total. The van der Waals surface area contributed by atoms with Gasteiger partial charge in [0, 0.05) is 39.7 Å². The molecule has 2 saturated heterocycles. The first kappa shape index (κ1) is 27.7. The Labute approximate surface area is 228 Å². The van der Waals surface area contributed by atoms with Crippen molar-refractivity contribution in [1.29, 1.82) is 0 Å². The molecule has 0 unspecified atom stereocenters. The van der Waals surface area contributed by atoms with Crippen LogP contribution in [0.5, 0.6) is 0 Å². The highest BCUT2D eigenvalue weighted by atomic mass is 35.5. The van der Waals surface area contributed by atoms with E-state index in [2.05, 4.69) is 0 Å². The zero-order valence-electron chi connectivity index (χ0n) is 20.0. The Balaban J connectivity index is 1.50. The minimum Gasteiger partial charge on any atom is -0.378 e. The Bertz CT molecular complexity index is 1300. The molecule has 2 aliphatic rings. The molecule has 2 atom stereocenters. The van der Waals surface area contributed by atoms with E-state index in [9.17, 15) is 22.8 Å². The summed E-state index contributed by atoms with van der Waals surface area (Å²) in [6.07, 6.45) is 1.57. The number of hydrogen-bond donors (Lipinski definition) is 1. The number of likely N-dealkylation sites (tertiary alicyclic amines) is 1. The molecule has 0 aliphatic carbocycles. The number of nitrogens with two attached hydrogens (primary N) is 1. The molecule has 4 heterocycles. The smallest absolute Gasteiger partial charge is 0.245 e. The minimum absolute atomic E-state index is 0.141. The molecule has 2 aliphatic heterocycles. The highest BCUT2D eigenvalue weighted by Gasteiger charge is 2.44. The summed E-state index contributed by atoms with van der Waals surface area (Å²) in [7, 11) is -4.19. The van der Waals surface area contributed by atoms with Crippen molar-refractivity contribution in [2.45, 2.75) is 25.4 Å². The molecule has 3 amide bonds. The monoisotopic (exact) mass is 586 g/mol. The van der Waals surface area contributed by atoms with Crippen LogP contribution in [0.15, 0.2) is 29.7 Å². The second-order valence-electron chi connectivity index (χ2n) is 8.61. The second kappa shape index (κ2) is 11.6. The molecule has 0 aromatic carbocycles. The number of rotatable bonds is 9. The van der Waals surface area contributed by atoms with Gasteiger partial charge in [-0.3, -0.25) is 14.4 Å². The quantitative estimate of drug-likeness (QED) is 0.479. The summed E-state index contributed by atoms with van der Waals surface area (Å²) < 4.78 is 33.3. The lowest BCUT2D eigenvalue weighted by Gasteiger charge is -2.33. The zero-order valence-corrected chi connectivity index (χ0v) is 23.2. The number of hydrogen-bond acceptors (Lipinski definition) is 8. The van der Waals surface area contributed by atoms with Crippen LogP contribution in [0.4, 0.5) is 0 Å². The molecule has 14 heteroatoms. The van der Waals surface area contributed by atoms with Gasteiger partial charge in [-0.15, -0.1) is 22.7 Å². The third kappa shape index (κ3) is 6.41. The van der Waals surface area contributed by atoms with E-state index in [1.165, 1.54) is 33.6 Å². The number of thiophene rings is 2. The molecule has 0 bridgehead atoms. The number of nitrogens with zero attached hydrogens (tertiary/aromatic N) is 3. The number of primary amides is 1. The Hall–Kier alpha value is -2.29. The first-order chi connectivity index (χ1) is 17.6. The molecule has 2 fully saturated rings. The normalized spacial score (nSPS) is 19.8. The summed E-state index contributed by atoms with van der Waals surface area (Å²) in [5.74, 6) is -1.63. The topological polar surface area (TPSA) is 130 Å². The van der Waals surface area contributed by atoms with E-state index in [4.69, 9.17) is 22.1 Å². The van der Waals surface area contributed by atoms with Crippen molar-refractivity contribution < 1.29 is 27.5 Å². The number of halogens is 1. The highest BCUT2D eigenvalue weighted by Crippen LogP contribution is 2.36. The minimum atomic E-state index is -4.19. The van der Waals surface area contributed by atoms with Gasteiger partial charge in [-0.1, -0.05) is 11.6 Å². The van der Waals surface area contributed by atoms with E-state index in [0.29, 0.717) is 35.5 Å². The Morgan fingerprint density at radius 1 is 1.19 bits per heavy atom. The van der Waals surface area contributed by atoms with Gasteiger partial charge in [-0.05, 0) is 43.7 Å². The van der Waals surface area contributed by atoms with Gasteiger partial charge in [-0.25, -0.2) is 8.42 Å². The van der Waals surface area contributed by atoms with E-state index in [1.807, 2.05) is 12.1 Å². The van der Waals surface area contributed by atoms with Crippen LogP contribution >= 0.6 is 34.3 Å². The summed E-state index contributed by atoms with van der Waals surface area (Å²) in [6, 6.07) is 5.43. The van der Waals surface area contributed by atoms with Crippen molar-refractivity contribution in [2.24, 2.45) is 5.73 Å². The number of sulfonamides is 1. The third-order valence-corrected chi connectivity index (χ3v) is 10.2. The summed E-state index contributed by atoms with van der Waals surface area (Å²) >= 11 is 8.81. The van der Waals surface area contributed by atoms with E-state index in [0.717, 1.165) is 19.5 Å². The SMILES string of the molecule is C[C@@H](C(=O)N1CCOCC1)N1CC[C@H](N(CC(N)=O)S(=O)(=O)/C=C/c2ccc(-c3ccc(Cl)s3)s2)C1=O. The molecule has 10 nitrogen and oxygen atoms in total. The molecule has 0 radical (unpaired) electrons. The zero-order chi connectivity index (χ0) is 26.7. The van der Waals surface area contributed by atoms with Gasteiger partial charge in [0.2, 0.25) is 27.7 Å². The van der Waals surface area contributed by atoms with E-state index in [1.54, 1.807) is 24.0 Å². The van der Waals surface area contributed by atoms with Crippen LogP contribution in [0.25, 0.3) is 15.8 Å². The van der Waals surface area contributed by atoms with Crippen LogP contribution in [0.3, 0.4) is 0 Å². The van der Waals surface area contributed by atoms with Gasteiger partial charge >= 0.3 is 0 Å². The molecule has 0 spiro atoms. The summed E-state index contributed by atoms with van der Waals surface area (Å²) in [6.45, 7) is 2.90. The van der Waals surface area contributed by atoms with Gasteiger partial charge in [0.15, 0.2) is 0 Å². The molecule has 37 heavy (non-hydrogen) atoms. The largest absolute Gasteiger partial charge is 0.378 e. The fraction of sp³-hybridized carbons (Fsp3) is 0.435. The average molecular weight is 587 g/mol. The first-order valence-electron chi connectivity index (χ1n) is 11.6. The van der Waals surface area contributed by atoms with Crippen LogP contribution < -0.4 is 5.73 Å². The summed E-state index contributed by atoms with van der Waals surface area (Å²) in [5, 5.41) is 0.977. The summed E-state index contributed by atoms with van der Waals surface area (Å²) in [5.41, 5.74) is 5.35. The number of ether oxygens (including phenoxy) is 1. The Kier molecular flexibility index (Phi) is 8.71. The predicted octanol–water partition coefficient (Wildman–Crippen LogP) is 2.07. The molecular weight excluding hydrogens is 560 g/mol. The van der Waals surface area contributed by atoms with Crippen molar-refractivity contribution in [2.75, 3.05) is 39.4 Å². The molecule has 2 aromatic rings. The summed E-state index contributed by atoms with van der Waals surface area (Å²) in [4.78, 5) is 43.5. The maximum absolute atomic E-state index is 13.3. The molecule has 200 valence electrons. The molecular formula is C23H27ClN4O6S3. The van der Waals surface area contributed by atoms with Crippen LogP contribution in [0.1, 0.15) is 18.2 Å². The maximum Gasteiger partial charge on any atom is 0.245 e. The predicted molar refractivity (Wildman–Crippen MR) is 143 cm³/mol. The Morgan fingerprint density at radius 3 is 2.51 bits per heavy atom. The maximum atomic E-state index is 13.3. The van der Waals surface area contributed by atoms with Crippen LogP contribution in [0.2, 0.25) is 4.34 Å². The van der Waals surface area contributed by atoms with Crippen molar-refractivity contribution in [1.82, 2.24) is 14.1 Å². The van der Waals surface area contributed by atoms with E-state index >= 15 is 0 Å². The lowest BCUT2D eigenvalue weighted by molar-refractivity contribution is -0.146. The number of carbonyl (C=O) groups excluding carboxylic acids is 3. The van der Waals surface area contributed by atoms with E-state index in [-0.39, 0.29) is 18.9 Å². The Morgan fingerprint density at radius 2 is 1.86 bits per heavy atom. The van der Waals surface area contributed by atoms with Crippen molar-refractivity contribution in [3.63, 3.8) is 0 Å². The fourth-order valence-electron chi connectivity index (χ4n) is 4.30. The van der Waals surface area contributed by atoms with Gasteiger partial charge in [-0.2, -0.15) is 4.31 Å². The first-order valence-corrected chi connectivity index (χ1v) is 15.1. The van der Waals surface area contributed by atoms with Crippen molar-refractivity contribution >= 4 is 68.1 Å². The van der Waals surface area contributed by atoms with Crippen LogP contribution in [-0.2, 0) is 29.1 Å². The fourth-order valence-corrected chi connectivity index (χ4v) is 7.77. The van der Waals surface area contributed by atoms with Gasteiger partial charge in [0.05, 0.1) is 24.1 Å². The average Bonchev–Trinajstić information content (AvgIpc) is 3.61. The van der Waals surface area contributed by atoms with E-state index < -0.39 is 40.5 Å². The van der Waals surface area contributed by atoms with Crippen LogP contribution in [-0.4, -0.2) is 91.7 Å². The number of carbonyl (C=O) groups is 3. The highest BCUT2D eigenvalue weighted by molar-refractivity contribution is 7.92. The standard InChI is InChI=1S/C23H27ClN4O6S3/c1-15(22(30)26-9-11-34-12-10-26)27-8-6-17(23(27)31)28(14-21(25)29)37(32,33)13-7-16-2-3-18(35-16)19-4-5-20(24)36-19/h2-5,7,13,15,17H,6,8-12,14H2,1H3,(H2,25,29)/b13-7+/t15-,17-/m0/s1. The van der Waals surface area contributed by atoms with Gasteiger partial charge in [0.1, 0.15) is 12.1 Å². The van der Waals surface area contributed by atoms with Gasteiger partial charge in [0.25, 0.3) is 0 Å². The van der Waals surface area contributed by atoms with Gasteiger partial charge < -0.3 is 20.3 Å². The molecule has 2 aromatic heterocycles. The number of amides is 3. The van der Waals surface area contributed by atoms with Crippen molar-refractivity contribution in [3.8, 4) is 9.75 Å². The second-order valence-corrected chi connectivity index (χ2v) is 13.2. The lowest BCUT2D eigenvalue weighted by atomic mass is 10.2. The molecule has 0 saturated carbocycles. The molecule has 4 rings (SSSR count). The number of morpholine rings is 1. The lowest BCUT2D eigenvalue weighted by Crippen LogP contribution is -2.53.